The number of anilines is 1. The van der Waals surface area contributed by atoms with Crippen molar-refractivity contribution < 1.29 is 14.3 Å². The lowest BCUT2D eigenvalue weighted by Gasteiger charge is -2.07. The van der Waals surface area contributed by atoms with Gasteiger partial charge in [-0.15, -0.1) is 0 Å². The van der Waals surface area contributed by atoms with E-state index in [1.165, 1.54) is 5.57 Å². The predicted octanol–water partition coefficient (Wildman–Crippen LogP) is 3.41. The van der Waals surface area contributed by atoms with Crippen LogP contribution in [0.1, 0.15) is 27.7 Å². The van der Waals surface area contributed by atoms with E-state index in [0.717, 1.165) is 17.2 Å². The Bertz CT molecular complexity index is 852. The third-order valence-electron chi connectivity index (χ3n) is 4.58. The average Bonchev–Trinajstić information content (AvgIpc) is 2.89. The standard InChI is InChI=1S/C18H21N3O3S/c1-10(2)8-11-15(18(11,3)4)17(23)24-9-14(22)19-12-6-5-7-13-16(12)21-25-20-13/h5-8,11,15H,9H2,1-4H3,(H,19,22)/t11-,15-/m0/s1. The van der Waals surface area contributed by atoms with E-state index in [4.69, 9.17) is 4.74 Å². The number of nitrogens with one attached hydrogen (secondary N) is 1. The molecule has 0 spiro atoms. The molecular weight excluding hydrogens is 338 g/mol. The van der Waals surface area contributed by atoms with Crippen molar-refractivity contribution in [3.05, 3.63) is 29.8 Å². The van der Waals surface area contributed by atoms with E-state index in [2.05, 4.69) is 20.1 Å². The van der Waals surface area contributed by atoms with Crippen LogP contribution in [-0.4, -0.2) is 27.2 Å². The van der Waals surface area contributed by atoms with E-state index in [-0.39, 0.29) is 35.7 Å². The quantitative estimate of drug-likeness (QED) is 0.653. The molecular formula is C18H21N3O3S. The number of aromatic nitrogens is 2. The molecule has 0 aliphatic heterocycles. The molecule has 0 bridgehead atoms. The summed E-state index contributed by atoms with van der Waals surface area (Å²) in [5.41, 5.74) is 2.99. The number of hydrogen-bond acceptors (Lipinski definition) is 6. The molecule has 1 N–H and O–H groups in total. The highest BCUT2D eigenvalue weighted by Gasteiger charge is 2.61. The molecule has 1 heterocycles. The Labute approximate surface area is 150 Å². The minimum absolute atomic E-state index is 0.122. The summed E-state index contributed by atoms with van der Waals surface area (Å²) in [6, 6.07) is 5.37. The topological polar surface area (TPSA) is 81.2 Å². The van der Waals surface area contributed by atoms with Crippen LogP contribution < -0.4 is 5.32 Å². The van der Waals surface area contributed by atoms with Crippen molar-refractivity contribution in [3.8, 4) is 0 Å². The zero-order valence-corrected chi connectivity index (χ0v) is 15.5. The van der Waals surface area contributed by atoms with Gasteiger partial charge in [0.05, 0.1) is 23.3 Å². The highest BCUT2D eigenvalue weighted by atomic mass is 32.1. The van der Waals surface area contributed by atoms with Gasteiger partial charge in [-0.1, -0.05) is 31.6 Å². The summed E-state index contributed by atoms with van der Waals surface area (Å²) in [5.74, 6) is -0.730. The first kappa shape index (κ1) is 17.5. The Hall–Kier alpha value is -2.28. The van der Waals surface area contributed by atoms with E-state index in [1.807, 2.05) is 33.8 Å². The molecule has 1 fully saturated rings. The summed E-state index contributed by atoms with van der Waals surface area (Å²) < 4.78 is 13.5. The maximum atomic E-state index is 12.3. The Morgan fingerprint density at radius 1 is 1.32 bits per heavy atom. The number of amides is 1. The van der Waals surface area contributed by atoms with Crippen molar-refractivity contribution in [1.29, 1.82) is 0 Å². The van der Waals surface area contributed by atoms with Gasteiger partial charge in [-0.05, 0) is 37.3 Å². The highest BCUT2D eigenvalue weighted by molar-refractivity contribution is 7.00. The van der Waals surface area contributed by atoms with Crippen LogP contribution in [0.4, 0.5) is 5.69 Å². The lowest BCUT2D eigenvalue weighted by atomic mass is 10.1. The number of rotatable bonds is 5. The lowest BCUT2D eigenvalue weighted by Crippen LogP contribution is -2.22. The first-order valence-electron chi connectivity index (χ1n) is 8.13. The molecule has 3 rings (SSSR count). The average molecular weight is 359 g/mol. The molecule has 1 saturated carbocycles. The van der Waals surface area contributed by atoms with Crippen LogP contribution in [0.15, 0.2) is 29.8 Å². The van der Waals surface area contributed by atoms with Gasteiger partial charge in [-0.25, -0.2) is 0 Å². The van der Waals surface area contributed by atoms with Gasteiger partial charge < -0.3 is 10.1 Å². The zero-order valence-electron chi connectivity index (χ0n) is 14.7. The molecule has 2 aromatic rings. The molecule has 1 aliphatic carbocycles. The zero-order chi connectivity index (χ0) is 18.2. The Balaban J connectivity index is 1.57. The Kier molecular flexibility index (Phi) is 4.60. The molecule has 132 valence electrons. The number of benzene rings is 1. The number of esters is 1. The number of ether oxygens (including phenoxy) is 1. The number of hydrogen-bond donors (Lipinski definition) is 1. The van der Waals surface area contributed by atoms with Crippen LogP contribution in [0.25, 0.3) is 11.0 Å². The molecule has 1 amide bonds. The molecule has 1 aromatic carbocycles. The number of carbonyl (C=O) groups is 2. The van der Waals surface area contributed by atoms with Crippen molar-refractivity contribution in [2.75, 3.05) is 11.9 Å². The van der Waals surface area contributed by atoms with Crippen LogP contribution >= 0.6 is 11.7 Å². The molecule has 25 heavy (non-hydrogen) atoms. The molecule has 0 saturated heterocycles. The van der Waals surface area contributed by atoms with Crippen LogP contribution in [0, 0.1) is 17.3 Å². The Morgan fingerprint density at radius 2 is 2.08 bits per heavy atom. The fourth-order valence-electron chi connectivity index (χ4n) is 3.12. The van der Waals surface area contributed by atoms with Gasteiger partial charge in [-0.2, -0.15) is 8.75 Å². The monoisotopic (exact) mass is 359 g/mol. The first-order valence-corrected chi connectivity index (χ1v) is 8.86. The van der Waals surface area contributed by atoms with Gasteiger partial charge in [0.2, 0.25) is 0 Å². The van der Waals surface area contributed by atoms with Crippen molar-refractivity contribution in [3.63, 3.8) is 0 Å². The fourth-order valence-corrected chi connectivity index (χ4v) is 3.67. The second kappa shape index (κ2) is 6.55. The summed E-state index contributed by atoms with van der Waals surface area (Å²) in [6.45, 7) is 7.80. The van der Waals surface area contributed by atoms with Crippen LogP contribution in [-0.2, 0) is 14.3 Å². The summed E-state index contributed by atoms with van der Waals surface area (Å²) in [4.78, 5) is 24.4. The number of allylic oxidation sites excluding steroid dienone is 2. The molecule has 2 atom stereocenters. The second-order valence-corrected chi connectivity index (χ2v) is 7.69. The van der Waals surface area contributed by atoms with Crippen LogP contribution in [0.2, 0.25) is 0 Å². The van der Waals surface area contributed by atoms with E-state index in [0.29, 0.717) is 11.2 Å². The molecule has 1 aromatic heterocycles. The third kappa shape index (κ3) is 3.56. The van der Waals surface area contributed by atoms with Crippen molar-refractivity contribution in [2.24, 2.45) is 17.3 Å². The molecule has 0 unspecified atom stereocenters. The predicted molar refractivity (Wildman–Crippen MR) is 97.2 cm³/mol. The number of nitrogens with zero attached hydrogens (tertiary/aromatic N) is 2. The molecule has 0 radical (unpaired) electrons. The van der Waals surface area contributed by atoms with E-state index in [9.17, 15) is 9.59 Å². The Morgan fingerprint density at radius 3 is 2.80 bits per heavy atom. The summed E-state index contributed by atoms with van der Waals surface area (Å²) in [7, 11) is 0. The largest absolute Gasteiger partial charge is 0.455 e. The lowest BCUT2D eigenvalue weighted by molar-refractivity contribution is -0.149. The minimum atomic E-state index is -0.383. The smallest absolute Gasteiger partial charge is 0.310 e. The highest BCUT2D eigenvalue weighted by Crippen LogP contribution is 2.59. The fraction of sp³-hybridized carbons (Fsp3) is 0.444. The summed E-state index contributed by atoms with van der Waals surface area (Å²) in [6.07, 6.45) is 2.10. The second-order valence-electron chi connectivity index (χ2n) is 7.16. The van der Waals surface area contributed by atoms with Crippen LogP contribution in [0.5, 0.6) is 0 Å². The van der Waals surface area contributed by atoms with E-state index >= 15 is 0 Å². The van der Waals surface area contributed by atoms with Gasteiger partial charge in [0.25, 0.3) is 5.91 Å². The van der Waals surface area contributed by atoms with Gasteiger partial charge in [0.1, 0.15) is 11.0 Å². The van der Waals surface area contributed by atoms with Gasteiger partial charge in [-0.3, -0.25) is 9.59 Å². The number of fused-ring (bicyclic) bond motifs is 1. The first-order chi connectivity index (χ1) is 11.8. The van der Waals surface area contributed by atoms with Crippen molar-refractivity contribution in [2.45, 2.75) is 27.7 Å². The molecule has 6 nitrogen and oxygen atoms in total. The van der Waals surface area contributed by atoms with E-state index < -0.39 is 0 Å². The number of carbonyl (C=O) groups excluding carboxylic acids is 2. The minimum Gasteiger partial charge on any atom is -0.455 e. The maximum absolute atomic E-state index is 12.3. The third-order valence-corrected chi connectivity index (χ3v) is 5.13. The summed E-state index contributed by atoms with van der Waals surface area (Å²) >= 11 is 1.09. The molecule has 1 aliphatic rings. The van der Waals surface area contributed by atoms with Gasteiger partial charge in [0, 0.05) is 0 Å². The SMILES string of the molecule is CC(C)=C[C@H]1[C@@H](C(=O)OCC(=O)Nc2cccc3nsnc23)C1(C)C. The van der Waals surface area contributed by atoms with Crippen molar-refractivity contribution >= 4 is 40.3 Å². The van der Waals surface area contributed by atoms with Gasteiger partial charge in [0.15, 0.2) is 6.61 Å². The van der Waals surface area contributed by atoms with Gasteiger partial charge >= 0.3 is 5.97 Å². The van der Waals surface area contributed by atoms with E-state index in [1.54, 1.807) is 12.1 Å². The summed E-state index contributed by atoms with van der Waals surface area (Å²) in [5, 5.41) is 2.73. The normalized spacial score (nSPS) is 20.8. The maximum Gasteiger partial charge on any atom is 0.310 e. The van der Waals surface area contributed by atoms with Crippen molar-refractivity contribution in [1.82, 2.24) is 8.75 Å². The van der Waals surface area contributed by atoms with Crippen LogP contribution in [0.3, 0.4) is 0 Å². The molecule has 7 heteroatoms.